The minimum Gasteiger partial charge on any atom is -0.314 e. The standard InChI is InChI=1S/C13H14ClN3/c14-13-10(12-8-15-5-6-16-12)7-9-3-1-2-4-11(9)17-13/h1-4,7,12,15-16H,5-6,8H2/t12-/m0/s1. The van der Waals surface area contributed by atoms with Crippen LogP contribution in [0.4, 0.5) is 0 Å². The minimum atomic E-state index is 0.258. The molecule has 1 aliphatic rings. The maximum atomic E-state index is 6.26. The SMILES string of the molecule is Clc1nc2ccccc2cc1[C@@H]1CNCCN1. The summed E-state index contributed by atoms with van der Waals surface area (Å²) in [6.45, 7) is 2.88. The molecule has 0 aliphatic carbocycles. The second kappa shape index (κ2) is 4.61. The van der Waals surface area contributed by atoms with Gasteiger partial charge < -0.3 is 10.6 Å². The Hall–Kier alpha value is -1.16. The van der Waals surface area contributed by atoms with Crippen molar-refractivity contribution in [3.8, 4) is 0 Å². The van der Waals surface area contributed by atoms with Crippen LogP contribution in [0.2, 0.25) is 5.15 Å². The van der Waals surface area contributed by atoms with E-state index in [9.17, 15) is 0 Å². The molecule has 0 unspecified atom stereocenters. The van der Waals surface area contributed by atoms with E-state index >= 15 is 0 Å². The molecular weight excluding hydrogens is 234 g/mol. The van der Waals surface area contributed by atoms with Gasteiger partial charge in [0.15, 0.2) is 0 Å². The molecule has 0 spiro atoms. The zero-order valence-corrected chi connectivity index (χ0v) is 10.2. The van der Waals surface area contributed by atoms with E-state index in [0.29, 0.717) is 5.15 Å². The molecule has 0 amide bonds. The number of halogens is 1. The molecular formula is C13H14ClN3. The number of para-hydroxylation sites is 1. The Balaban J connectivity index is 2.06. The summed E-state index contributed by atoms with van der Waals surface area (Å²) in [5.41, 5.74) is 2.03. The Bertz CT molecular complexity index is 535. The molecule has 1 aromatic heterocycles. The first-order valence-electron chi connectivity index (χ1n) is 5.84. The number of aromatic nitrogens is 1. The molecule has 0 radical (unpaired) electrons. The highest BCUT2D eigenvalue weighted by molar-refractivity contribution is 6.30. The average Bonchev–Trinajstić information content (AvgIpc) is 2.39. The third-order valence-corrected chi connectivity index (χ3v) is 3.42. The van der Waals surface area contributed by atoms with E-state index in [1.54, 1.807) is 0 Å². The summed E-state index contributed by atoms with van der Waals surface area (Å²) in [6, 6.07) is 10.4. The average molecular weight is 248 g/mol. The first kappa shape index (κ1) is 11.0. The van der Waals surface area contributed by atoms with E-state index in [1.165, 1.54) is 0 Å². The fraction of sp³-hybridized carbons (Fsp3) is 0.308. The first-order chi connectivity index (χ1) is 8.34. The van der Waals surface area contributed by atoms with Crippen LogP contribution in [0, 0.1) is 0 Å². The van der Waals surface area contributed by atoms with Gasteiger partial charge in [-0.3, -0.25) is 0 Å². The fourth-order valence-electron chi connectivity index (χ4n) is 2.23. The highest BCUT2D eigenvalue weighted by Crippen LogP contribution is 2.25. The maximum absolute atomic E-state index is 6.26. The van der Waals surface area contributed by atoms with Crippen LogP contribution in [0.1, 0.15) is 11.6 Å². The van der Waals surface area contributed by atoms with Crippen LogP contribution in [-0.4, -0.2) is 24.6 Å². The zero-order chi connectivity index (χ0) is 11.7. The van der Waals surface area contributed by atoms with Crippen LogP contribution in [0.5, 0.6) is 0 Å². The molecule has 1 aliphatic heterocycles. The van der Waals surface area contributed by atoms with E-state index in [-0.39, 0.29) is 6.04 Å². The van der Waals surface area contributed by atoms with Crippen LogP contribution in [0.3, 0.4) is 0 Å². The van der Waals surface area contributed by atoms with Crippen LogP contribution in [-0.2, 0) is 0 Å². The lowest BCUT2D eigenvalue weighted by molar-refractivity contribution is 0.430. The van der Waals surface area contributed by atoms with Gasteiger partial charge in [0.25, 0.3) is 0 Å². The summed E-state index contributed by atoms with van der Waals surface area (Å²) >= 11 is 6.26. The smallest absolute Gasteiger partial charge is 0.134 e. The van der Waals surface area contributed by atoms with Gasteiger partial charge >= 0.3 is 0 Å². The highest BCUT2D eigenvalue weighted by Gasteiger charge is 2.18. The van der Waals surface area contributed by atoms with Crippen molar-refractivity contribution in [1.29, 1.82) is 0 Å². The van der Waals surface area contributed by atoms with Gasteiger partial charge in [-0.15, -0.1) is 0 Å². The van der Waals surface area contributed by atoms with E-state index in [2.05, 4.69) is 27.8 Å². The number of piperazine rings is 1. The summed E-state index contributed by atoms with van der Waals surface area (Å²) in [5.74, 6) is 0. The number of hydrogen-bond donors (Lipinski definition) is 2. The molecule has 17 heavy (non-hydrogen) atoms. The molecule has 1 fully saturated rings. The monoisotopic (exact) mass is 247 g/mol. The van der Waals surface area contributed by atoms with Crippen molar-refractivity contribution >= 4 is 22.5 Å². The van der Waals surface area contributed by atoms with Gasteiger partial charge in [-0.1, -0.05) is 29.8 Å². The fourth-order valence-corrected chi connectivity index (χ4v) is 2.50. The summed E-state index contributed by atoms with van der Waals surface area (Å²) in [4.78, 5) is 4.45. The number of rotatable bonds is 1. The second-order valence-corrected chi connectivity index (χ2v) is 4.63. The van der Waals surface area contributed by atoms with Crippen LogP contribution in [0.25, 0.3) is 10.9 Å². The van der Waals surface area contributed by atoms with Gasteiger partial charge in [-0.25, -0.2) is 4.98 Å². The Morgan fingerprint density at radius 1 is 1.24 bits per heavy atom. The normalized spacial score (nSPS) is 20.6. The van der Waals surface area contributed by atoms with Crippen molar-refractivity contribution in [2.75, 3.05) is 19.6 Å². The highest BCUT2D eigenvalue weighted by atomic mass is 35.5. The quantitative estimate of drug-likeness (QED) is 0.758. The molecule has 1 saturated heterocycles. The summed E-state index contributed by atoms with van der Waals surface area (Å²) in [7, 11) is 0. The lowest BCUT2D eigenvalue weighted by Gasteiger charge is -2.25. The number of fused-ring (bicyclic) bond motifs is 1. The van der Waals surface area contributed by atoms with Crippen LogP contribution < -0.4 is 10.6 Å². The van der Waals surface area contributed by atoms with Crippen LogP contribution >= 0.6 is 11.6 Å². The van der Waals surface area contributed by atoms with E-state index < -0.39 is 0 Å². The van der Waals surface area contributed by atoms with Crippen molar-refractivity contribution in [3.05, 3.63) is 41.0 Å². The lowest BCUT2D eigenvalue weighted by Crippen LogP contribution is -2.42. The number of hydrogen-bond acceptors (Lipinski definition) is 3. The summed E-state index contributed by atoms with van der Waals surface area (Å²) in [5, 5.41) is 8.55. The van der Waals surface area contributed by atoms with Crippen molar-refractivity contribution < 1.29 is 0 Å². The first-order valence-corrected chi connectivity index (χ1v) is 6.22. The molecule has 3 nitrogen and oxygen atoms in total. The third-order valence-electron chi connectivity index (χ3n) is 3.12. The predicted molar refractivity (Wildman–Crippen MR) is 70.4 cm³/mol. The lowest BCUT2D eigenvalue weighted by atomic mass is 10.1. The molecule has 1 aromatic carbocycles. The number of nitrogens with zero attached hydrogens (tertiary/aromatic N) is 1. The van der Waals surface area contributed by atoms with Crippen LogP contribution in [0.15, 0.2) is 30.3 Å². The van der Waals surface area contributed by atoms with Crippen molar-refractivity contribution in [2.24, 2.45) is 0 Å². The van der Waals surface area contributed by atoms with Gasteiger partial charge in [0.2, 0.25) is 0 Å². The molecule has 3 rings (SSSR count). The van der Waals surface area contributed by atoms with Crippen molar-refractivity contribution in [2.45, 2.75) is 6.04 Å². The van der Waals surface area contributed by atoms with Gasteiger partial charge in [0, 0.05) is 36.6 Å². The van der Waals surface area contributed by atoms with Gasteiger partial charge in [0.1, 0.15) is 5.15 Å². The Morgan fingerprint density at radius 2 is 2.12 bits per heavy atom. The molecule has 88 valence electrons. The minimum absolute atomic E-state index is 0.258. The summed E-state index contributed by atoms with van der Waals surface area (Å²) in [6.07, 6.45) is 0. The van der Waals surface area contributed by atoms with Crippen molar-refractivity contribution in [1.82, 2.24) is 15.6 Å². The molecule has 2 aromatic rings. The molecule has 0 bridgehead atoms. The largest absolute Gasteiger partial charge is 0.314 e. The molecule has 2 heterocycles. The van der Waals surface area contributed by atoms with Gasteiger partial charge in [-0.05, 0) is 12.1 Å². The van der Waals surface area contributed by atoms with Crippen molar-refractivity contribution in [3.63, 3.8) is 0 Å². The number of nitrogens with one attached hydrogen (secondary N) is 2. The predicted octanol–water partition coefficient (Wildman–Crippen LogP) is 2.12. The number of pyridine rings is 1. The third kappa shape index (κ3) is 2.14. The molecule has 0 saturated carbocycles. The second-order valence-electron chi connectivity index (χ2n) is 4.27. The molecule has 1 atom stereocenters. The molecule has 2 N–H and O–H groups in total. The molecule has 4 heteroatoms. The van der Waals surface area contributed by atoms with E-state index in [1.807, 2.05) is 18.2 Å². The summed E-state index contributed by atoms with van der Waals surface area (Å²) < 4.78 is 0. The Kier molecular flexibility index (Phi) is 2.97. The topological polar surface area (TPSA) is 37.0 Å². The van der Waals surface area contributed by atoms with Gasteiger partial charge in [-0.2, -0.15) is 0 Å². The Labute approximate surface area is 105 Å². The van der Waals surface area contributed by atoms with Gasteiger partial charge in [0.05, 0.1) is 5.52 Å². The maximum Gasteiger partial charge on any atom is 0.134 e. The Morgan fingerprint density at radius 3 is 2.94 bits per heavy atom. The van der Waals surface area contributed by atoms with E-state index in [4.69, 9.17) is 11.6 Å². The van der Waals surface area contributed by atoms with E-state index in [0.717, 1.165) is 36.1 Å². The zero-order valence-electron chi connectivity index (χ0n) is 9.41. The number of benzene rings is 1.